The first-order valence-corrected chi connectivity index (χ1v) is 9.84. The molecule has 0 aliphatic carbocycles. The Hall–Kier alpha value is -2.75. The number of piperidine rings is 1. The average molecular weight is 414 g/mol. The lowest BCUT2D eigenvalue weighted by molar-refractivity contribution is -0.384. The van der Waals surface area contributed by atoms with E-state index in [0.29, 0.717) is 29.3 Å². The summed E-state index contributed by atoms with van der Waals surface area (Å²) < 4.78 is 9.80. The molecule has 1 aliphatic rings. The van der Waals surface area contributed by atoms with Gasteiger partial charge < -0.3 is 14.4 Å². The number of β-amino-alcohol motifs (C(OH)–C–C–N with tert-alkyl or cyclic N) is 1. The fourth-order valence-electron chi connectivity index (χ4n) is 3.90. The molecule has 0 spiro atoms. The molecule has 9 heteroatoms. The van der Waals surface area contributed by atoms with E-state index in [1.54, 1.807) is 19.2 Å². The molecule has 29 heavy (non-hydrogen) atoms. The van der Waals surface area contributed by atoms with Crippen molar-refractivity contribution in [2.24, 2.45) is 0 Å². The van der Waals surface area contributed by atoms with Crippen molar-refractivity contribution >= 4 is 28.9 Å². The Labute approximate surface area is 172 Å². The molecule has 1 saturated heterocycles. The predicted molar refractivity (Wildman–Crippen MR) is 112 cm³/mol. The summed E-state index contributed by atoms with van der Waals surface area (Å²) in [6.45, 7) is 1.85. The van der Waals surface area contributed by atoms with Crippen LogP contribution in [0.4, 0.5) is 5.69 Å². The maximum atomic E-state index is 11.4. The van der Waals surface area contributed by atoms with E-state index in [-0.39, 0.29) is 11.8 Å². The van der Waals surface area contributed by atoms with Gasteiger partial charge in [-0.1, -0.05) is 12.1 Å². The van der Waals surface area contributed by atoms with Gasteiger partial charge in [-0.2, -0.15) is 0 Å². The summed E-state index contributed by atoms with van der Waals surface area (Å²) in [4.78, 5) is 13.1. The third kappa shape index (κ3) is 3.64. The monoisotopic (exact) mass is 414 g/mol. The lowest BCUT2D eigenvalue weighted by atomic mass is 10.1. The molecule has 1 aromatic heterocycles. The highest BCUT2D eigenvalue weighted by molar-refractivity contribution is 7.71. The van der Waals surface area contributed by atoms with Crippen LogP contribution in [0.2, 0.25) is 0 Å². The fourth-order valence-corrected chi connectivity index (χ4v) is 4.25. The molecule has 1 fully saturated rings. The number of hydrogen-bond acceptors (Lipinski definition) is 6. The van der Waals surface area contributed by atoms with Crippen LogP contribution in [0.25, 0.3) is 16.7 Å². The number of non-ortho nitro benzene ring substituents is 1. The molecular formula is C20H22N4O4S. The number of imidazole rings is 1. The maximum absolute atomic E-state index is 11.4. The van der Waals surface area contributed by atoms with Gasteiger partial charge in [0, 0.05) is 25.2 Å². The minimum absolute atomic E-state index is 0.0112. The van der Waals surface area contributed by atoms with Crippen molar-refractivity contribution < 1.29 is 14.8 Å². The molecule has 0 amide bonds. The number of rotatable bonds is 5. The average Bonchev–Trinajstić information content (AvgIpc) is 2.98. The SMILES string of the molecule is COc1ccccc1-n1c(=S)n(CN2CCC[C@H](O)C2)c2cc([N+](=O)[O-])ccc21. The lowest BCUT2D eigenvalue weighted by Crippen LogP contribution is -2.39. The van der Waals surface area contributed by atoms with Crippen LogP contribution in [0.5, 0.6) is 5.75 Å². The quantitative estimate of drug-likeness (QED) is 0.391. The first-order valence-electron chi connectivity index (χ1n) is 9.43. The number of nitrogens with zero attached hydrogens (tertiary/aromatic N) is 4. The van der Waals surface area contributed by atoms with Crippen LogP contribution in [-0.2, 0) is 6.67 Å². The summed E-state index contributed by atoms with van der Waals surface area (Å²) in [7, 11) is 1.60. The van der Waals surface area contributed by atoms with Crippen LogP contribution in [0.3, 0.4) is 0 Å². The molecule has 8 nitrogen and oxygen atoms in total. The maximum Gasteiger partial charge on any atom is 0.271 e. The summed E-state index contributed by atoms with van der Waals surface area (Å²) in [5, 5.41) is 21.4. The number of aromatic nitrogens is 2. The predicted octanol–water partition coefficient (Wildman–Crippen LogP) is 3.49. The van der Waals surface area contributed by atoms with Crippen molar-refractivity contribution in [2.45, 2.75) is 25.6 Å². The van der Waals surface area contributed by atoms with Gasteiger partial charge >= 0.3 is 0 Å². The smallest absolute Gasteiger partial charge is 0.271 e. The molecule has 1 aliphatic heterocycles. The van der Waals surface area contributed by atoms with Crippen molar-refractivity contribution in [1.29, 1.82) is 0 Å². The van der Waals surface area contributed by atoms with Crippen LogP contribution in [0.15, 0.2) is 42.5 Å². The second-order valence-corrected chi connectivity index (χ2v) is 7.53. The van der Waals surface area contributed by atoms with Crippen LogP contribution in [-0.4, -0.2) is 50.4 Å². The van der Waals surface area contributed by atoms with Gasteiger partial charge in [0.2, 0.25) is 0 Å². The summed E-state index contributed by atoms with van der Waals surface area (Å²) in [5.41, 5.74) is 2.23. The molecule has 152 valence electrons. The number of aliphatic hydroxyl groups excluding tert-OH is 1. The molecule has 3 aromatic rings. The zero-order valence-corrected chi connectivity index (χ0v) is 16.8. The number of nitro benzene ring substituents is 1. The second kappa shape index (κ2) is 7.94. The lowest BCUT2D eigenvalue weighted by Gasteiger charge is -2.30. The van der Waals surface area contributed by atoms with Crippen LogP contribution in [0, 0.1) is 14.9 Å². The number of fused-ring (bicyclic) bond motifs is 1. The standard InChI is InChI=1S/C20H22N4O4S/c1-28-19-7-3-2-6-17(19)23-16-9-8-14(24(26)27)11-18(16)22(20(23)29)13-21-10-4-5-15(25)12-21/h2-3,6-9,11,15,25H,4-5,10,12-13H2,1H3/t15-/m0/s1. The van der Waals surface area contributed by atoms with Crippen molar-refractivity contribution in [1.82, 2.24) is 14.0 Å². The minimum Gasteiger partial charge on any atom is -0.495 e. The number of nitro groups is 1. The third-order valence-corrected chi connectivity index (χ3v) is 5.67. The van der Waals surface area contributed by atoms with Gasteiger partial charge in [-0.3, -0.25) is 19.6 Å². The Morgan fingerprint density at radius 3 is 2.79 bits per heavy atom. The van der Waals surface area contributed by atoms with Crippen LogP contribution >= 0.6 is 12.2 Å². The fraction of sp³-hybridized carbons (Fsp3) is 0.350. The molecule has 2 aromatic carbocycles. The summed E-state index contributed by atoms with van der Waals surface area (Å²) in [6.07, 6.45) is 1.32. The van der Waals surface area contributed by atoms with Gasteiger partial charge in [0.05, 0.1) is 41.5 Å². The van der Waals surface area contributed by atoms with E-state index in [1.165, 1.54) is 6.07 Å². The number of benzene rings is 2. The van der Waals surface area contributed by atoms with E-state index in [9.17, 15) is 15.2 Å². The van der Waals surface area contributed by atoms with Gasteiger partial charge in [-0.05, 0) is 43.3 Å². The van der Waals surface area contributed by atoms with Gasteiger partial charge in [-0.15, -0.1) is 0 Å². The van der Waals surface area contributed by atoms with Gasteiger partial charge in [0.25, 0.3) is 5.69 Å². The molecule has 1 atom stereocenters. The minimum atomic E-state index is -0.405. The molecule has 2 heterocycles. The number of hydrogen-bond donors (Lipinski definition) is 1. The highest BCUT2D eigenvalue weighted by Gasteiger charge is 2.22. The summed E-state index contributed by atoms with van der Waals surface area (Å²) in [5.74, 6) is 0.661. The highest BCUT2D eigenvalue weighted by atomic mass is 32.1. The van der Waals surface area contributed by atoms with Crippen LogP contribution in [0.1, 0.15) is 12.8 Å². The molecule has 0 unspecified atom stereocenters. The highest BCUT2D eigenvalue weighted by Crippen LogP contribution is 2.31. The summed E-state index contributed by atoms with van der Waals surface area (Å²) >= 11 is 5.80. The van der Waals surface area contributed by atoms with Gasteiger partial charge in [0.15, 0.2) is 4.77 Å². The first-order chi connectivity index (χ1) is 14.0. The zero-order valence-electron chi connectivity index (χ0n) is 16.0. The molecule has 0 radical (unpaired) electrons. The number of aliphatic hydroxyl groups is 1. The largest absolute Gasteiger partial charge is 0.495 e. The van der Waals surface area contributed by atoms with Crippen LogP contribution < -0.4 is 4.74 Å². The van der Waals surface area contributed by atoms with E-state index in [0.717, 1.165) is 30.6 Å². The molecule has 0 bridgehead atoms. The van der Waals surface area contributed by atoms with Crippen molar-refractivity contribution in [3.8, 4) is 11.4 Å². The first kappa shape index (κ1) is 19.6. The van der Waals surface area contributed by atoms with Gasteiger partial charge in [-0.25, -0.2) is 0 Å². The van der Waals surface area contributed by atoms with E-state index in [1.807, 2.05) is 33.4 Å². The Balaban J connectivity index is 1.91. The Bertz CT molecular complexity index is 1120. The summed E-state index contributed by atoms with van der Waals surface area (Å²) in [6, 6.07) is 12.3. The second-order valence-electron chi connectivity index (χ2n) is 7.16. The van der Waals surface area contributed by atoms with E-state index >= 15 is 0 Å². The van der Waals surface area contributed by atoms with Crippen molar-refractivity contribution in [3.63, 3.8) is 0 Å². The number of para-hydroxylation sites is 2. The van der Waals surface area contributed by atoms with E-state index in [2.05, 4.69) is 4.90 Å². The molecular weight excluding hydrogens is 392 g/mol. The Kier molecular flexibility index (Phi) is 5.35. The topological polar surface area (TPSA) is 85.7 Å². The normalized spacial score (nSPS) is 17.5. The third-order valence-electron chi connectivity index (χ3n) is 5.27. The van der Waals surface area contributed by atoms with Gasteiger partial charge in [0.1, 0.15) is 5.75 Å². The molecule has 1 N–H and O–H groups in total. The molecule has 4 rings (SSSR count). The van der Waals surface area contributed by atoms with E-state index < -0.39 is 4.92 Å². The van der Waals surface area contributed by atoms with Crippen molar-refractivity contribution in [2.75, 3.05) is 20.2 Å². The number of ether oxygens (including phenoxy) is 1. The van der Waals surface area contributed by atoms with E-state index in [4.69, 9.17) is 17.0 Å². The number of methoxy groups -OCH3 is 1. The number of likely N-dealkylation sites (tertiary alicyclic amines) is 1. The Morgan fingerprint density at radius 1 is 1.28 bits per heavy atom. The zero-order chi connectivity index (χ0) is 20.5. The molecule has 0 saturated carbocycles. The van der Waals surface area contributed by atoms with Crippen molar-refractivity contribution in [3.05, 3.63) is 57.3 Å². The Morgan fingerprint density at radius 2 is 2.07 bits per heavy atom.